The molecule has 0 N–H and O–H groups in total. The van der Waals surface area contributed by atoms with Gasteiger partial charge in [-0.1, -0.05) is 19.0 Å². The number of hydrogen-bond donors (Lipinski definition) is 0. The van der Waals surface area contributed by atoms with E-state index in [1.165, 1.54) is 25.7 Å². The van der Waals surface area contributed by atoms with Crippen LogP contribution in [0.2, 0.25) is 0 Å². The molecule has 2 fully saturated rings. The minimum atomic E-state index is 0.943. The predicted molar refractivity (Wildman–Crippen MR) is 41.4 cm³/mol. The van der Waals surface area contributed by atoms with Crippen molar-refractivity contribution in [2.24, 2.45) is 17.8 Å². The standard InChI is InChI=1S/C8H13S/c9-5-8-4-6-1-2-7(8)3-6/h6-8H,1-5H2. The van der Waals surface area contributed by atoms with Crippen molar-refractivity contribution in [1.29, 1.82) is 0 Å². The topological polar surface area (TPSA) is 0 Å². The molecular formula is C8H13S. The Morgan fingerprint density at radius 2 is 2.11 bits per heavy atom. The van der Waals surface area contributed by atoms with E-state index in [-0.39, 0.29) is 0 Å². The second kappa shape index (κ2) is 2.19. The fourth-order valence-corrected chi connectivity index (χ4v) is 2.99. The molecule has 2 aliphatic rings. The van der Waals surface area contributed by atoms with Gasteiger partial charge in [0.25, 0.3) is 0 Å². The minimum Gasteiger partial charge on any atom is -0.0938 e. The van der Waals surface area contributed by atoms with E-state index in [4.69, 9.17) is 12.6 Å². The molecule has 0 heterocycles. The van der Waals surface area contributed by atoms with Crippen molar-refractivity contribution in [2.45, 2.75) is 25.7 Å². The van der Waals surface area contributed by atoms with Gasteiger partial charge in [-0.2, -0.15) is 0 Å². The summed E-state index contributed by atoms with van der Waals surface area (Å²) in [7, 11) is 0. The zero-order chi connectivity index (χ0) is 6.27. The zero-order valence-electron chi connectivity index (χ0n) is 5.68. The average Bonchev–Trinajstić information content (AvgIpc) is 2.45. The van der Waals surface area contributed by atoms with E-state index < -0.39 is 0 Å². The lowest BCUT2D eigenvalue weighted by molar-refractivity contribution is 0.366. The maximum atomic E-state index is 5.08. The van der Waals surface area contributed by atoms with E-state index >= 15 is 0 Å². The molecule has 0 saturated heterocycles. The van der Waals surface area contributed by atoms with E-state index in [1.807, 2.05) is 0 Å². The summed E-state index contributed by atoms with van der Waals surface area (Å²) in [6, 6.07) is 0. The number of fused-ring (bicyclic) bond motifs is 2. The van der Waals surface area contributed by atoms with Gasteiger partial charge in [0.2, 0.25) is 0 Å². The van der Waals surface area contributed by atoms with Crippen LogP contribution in [0.5, 0.6) is 0 Å². The zero-order valence-corrected chi connectivity index (χ0v) is 6.49. The molecule has 0 nitrogen and oxygen atoms in total. The maximum absolute atomic E-state index is 5.08. The normalized spacial score (nSPS) is 48.3. The van der Waals surface area contributed by atoms with Gasteiger partial charge in [-0.3, -0.25) is 0 Å². The summed E-state index contributed by atoms with van der Waals surface area (Å²) in [5.41, 5.74) is 0. The molecule has 3 unspecified atom stereocenters. The molecule has 0 aliphatic heterocycles. The summed E-state index contributed by atoms with van der Waals surface area (Å²) >= 11 is 5.08. The van der Waals surface area contributed by atoms with Crippen LogP contribution in [0.15, 0.2) is 0 Å². The van der Waals surface area contributed by atoms with Crippen LogP contribution in [-0.4, -0.2) is 5.75 Å². The van der Waals surface area contributed by atoms with Gasteiger partial charge >= 0.3 is 0 Å². The second-order valence-corrected chi connectivity index (χ2v) is 3.93. The molecule has 0 spiro atoms. The summed E-state index contributed by atoms with van der Waals surface area (Å²) in [4.78, 5) is 0. The molecule has 2 rings (SSSR count). The third-order valence-electron chi connectivity index (χ3n) is 3.10. The predicted octanol–water partition coefficient (Wildman–Crippen LogP) is 2.62. The van der Waals surface area contributed by atoms with Gasteiger partial charge in [-0.05, 0) is 37.0 Å². The SMILES string of the molecule is [S]CC1CC2CCC1C2. The smallest absolute Gasteiger partial charge is 0.00680 e. The van der Waals surface area contributed by atoms with Crippen LogP contribution in [0.3, 0.4) is 0 Å². The van der Waals surface area contributed by atoms with Gasteiger partial charge in [0.15, 0.2) is 0 Å². The van der Waals surface area contributed by atoms with Crippen molar-refractivity contribution in [3.05, 3.63) is 0 Å². The van der Waals surface area contributed by atoms with Crippen LogP contribution >= 0.6 is 12.6 Å². The highest BCUT2D eigenvalue weighted by Crippen LogP contribution is 2.48. The maximum Gasteiger partial charge on any atom is 0.00680 e. The highest BCUT2D eigenvalue weighted by molar-refractivity contribution is 7.80. The van der Waals surface area contributed by atoms with E-state index in [1.54, 1.807) is 0 Å². The molecule has 1 radical (unpaired) electrons. The molecular weight excluding hydrogens is 128 g/mol. The lowest BCUT2D eigenvalue weighted by Gasteiger charge is -2.18. The van der Waals surface area contributed by atoms with Crippen molar-refractivity contribution < 1.29 is 0 Å². The Balaban J connectivity index is 2.01. The fourth-order valence-electron chi connectivity index (χ4n) is 2.58. The van der Waals surface area contributed by atoms with Crippen molar-refractivity contribution in [3.63, 3.8) is 0 Å². The Morgan fingerprint density at radius 3 is 2.44 bits per heavy atom. The quantitative estimate of drug-likeness (QED) is 0.526. The molecule has 2 saturated carbocycles. The largest absolute Gasteiger partial charge is 0.0938 e. The summed E-state index contributed by atoms with van der Waals surface area (Å²) in [5, 5.41) is 0. The molecule has 51 valence electrons. The van der Waals surface area contributed by atoms with Gasteiger partial charge in [-0.15, -0.1) is 0 Å². The fraction of sp³-hybridized carbons (Fsp3) is 1.00. The first kappa shape index (κ1) is 6.09. The minimum absolute atomic E-state index is 0.943. The molecule has 0 aromatic heterocycles. The monoisotopic (exact) mass is 141 g/mol. The Bertz CT molecular complexity index is 111. The first-order chi connectivity index (χ1) is 4.40. The third-order valence-corrected chi connectivity index (χ3v) is 3.53. The Hall–Kier alpha value is 0.350. The molecule has 0 aromatic rings. The Morgan fingerprint density at radius 1 is 1.22 bits per heavy atom. The van der Waals surface area contributed by atoms with Crippen molar-refractivity contribution in [1.82, 2.24) is 0 Å². The first-order valence-corrected chi connectivity index (χ1v) is 4.56. The van der Waals surface area contributed by atoms with Crippen molar-refractivity contribution in [2.75, 3.05) is 5.75 Å². The highest BCUT2D eigenvalue weighted by atomic mass is 32.1. The number of rotatable bonds is 1. The first-order valence-electron chi connectivity index (χ1n) is 3.98. The van der Waals surface area contributed by atoms with Gasteiger partial charge < -0.3 is 0 Å². The molecule has 0 amide bonds. The number of hydrogen-bond acceptors (Lipinski definition) is 0. The Labute approximate surface area is 62.4 Å². The van der Waals surface area contributed by atoms with Crippen LogP contribution in [-0.2, 0) is 0 Å². The van der Waals surface area contributed by atoms with Crippen LogP contribution < -0.4 is 0 Å². The van der Waals surface area contributed by atoms with E-state index in [2.05, 4.69) is 0 Å². The molecule has 3 atom stereocenters. The van der Waals surface area contributed by atoms with Crippen LogP contribution in [0.4, 0.5) is 0 Å². The van der Waals surface area contributed by atoms with Crippen molar-refractivity contribution >= 4 is 12.6 Å². The second-order valence-electron chi connectivity index (χ2n) is 3.60. The highest BCUT2D eigenvalue weighted by Gasteiger charge is 2.38. The summed E-state index contributed by atoms with van der Waals surface area (Å²) in [5.74, 6) is 4.11. The summed E-state index contributed by atoms with van der Waals surface area (Å²) in [6.07, 6.45) is 5.98. The molecule has 2 bridgehead atoms. The van der Waals surface area contributed by atoms with Crippen LogP contribution in [0, 0.1) is 17.8 Å². The van der Waals surface area contributed by atoms with Crippen LogP contribution in [0.25, 0.3) is 0 Å². The van der Waals surface area contributed by atoms with E-state index in [9.17, 15) is 0 Å². The lowest BCUT2D eigenvalue weighted by atomic mass is 9.90. The van der Waals surface area contributed by atoms with E-state index in [0.29, 0.717) is 0 Å². The van der Waals surface area contributed by atoms with Gasteiger partial charge in [0.05, 0.1) is 0 Å². The molecule has 2 aliphatic carbocycles. The van der Waals surface area contributed by atoms with Gasteiger partial charge in [0.1, 0.15) is 0 Å². The Kier molecular flexibility index (Phi) is 1.48. The average molecular weight is 141 g/mol. The van der Waals surface area contributed by atoms with Crippen molar-refractivity contribution in [3.8, 4) is 0 Å². The molecule has 0 aromatic carbocycles. The molecule has 9 heavy (non-hydrogen) atoms. The van der Waals surface area contributed by atoms with E-state index in [0.717, 1.165) is 23.5 Å². The van der Waals surface area contributed by atoms with Crippen LogP contribution in [0.1, 0.15) is 25.7 Å². The third kappa shape index (κ3) is 0.899. The summed E-state index contributed by atoms with van der Waals surface area (Å²) in [6.45, 7) is 0. The summed E-state index contributed by atoms with van der Waals surface area (Å²) < 4.78 is 0. The van der Waals surface area contributed by atoms with Gasteiger partial charge in [0, 0.05) is 5.75 Å². The lowest BCUT2D eigenvalue weighted by Crippen LogP contribution is -2.11. The van der Waals surface area contributed by atoms with Gasteiger partial charge in [-0.25, -0.2) is 0 Å². The molecule has 1 heteroatoms.